The molecule has 0 fully saturated rings. The van der Waals surface area contributed by atoms with Gasteiger partial charge in [-0.3, -0.25) is 19.9 Å². The average molecular weight is 501 g/mol. The number of H-pyrrole nitrogens is 1. The zero-order chi connectivity index (χ0) is 26.2. The van der Waals surface area contributed by atoms with E-state index in [0.717, 1.165) is 33.2 Å². The van der Waals surface area contributed by atoms with Crippen molar-refractivity contribution in [1.29, 1.82) is 0 Å². The summed E-state index contributed by atoms with van der Waals surface area (Å²) >= 11 is 0. The first-order valence-corrected chi connectivity index (χ1v) is 12.4. The van der Waals surface area contributed by atoms with Crippen molar-refractivity contribution in [1.82, 2.24) is 4.98 Å². The third-order valence-electron chi connectivity index (χ3n) is 6.95. The molecule has 0 radical (unpaired) electrons. The molecular weight excluding hydrogens is 476 g/mol. The van der Waals surface area contributed by atoms with E-state index < -0.39 is 4.92 Å². The number of fused-ring (bicyclic) bond motifs is 1. The van der Waals surface area contributed by atoms with E-state index in [1.165, 1.54) is 12.1 Å². The van der Waals surface area contributed by atoms with Crippen LogP contribution in [0.4, 0.5) is 11.4 Å². The van der Waals surface area contributed by atoms with Crippen molar-refractivity contribution in [2.75, 3.05) is 5.01 Å². The number of nitrogens with zero attached hydrogens (tertiary/aromatic N) is 3. The van der Waals surface area contributed by atoms with E-state index in [2.05, 4.69) is 4.98 Å². The maximum absolute atomic E-state index is 13.6. The summed E-state index contributed by atoms with van der Waals surface area (Å²) in [6.07, 6.45) is 0.465. The monoisotopic (exact) mass is 500 g/mol. The highest BCUT2D eigenvalue weighted by Crippen LogP contribution is 2.40. The highest BCUT2D eigenvalue weighted by atomic mass is 16.6. The van der Waals surface area contributed by atoms with Gasteiger partial charge < -0.3 is 4.98 Å². The number of rotatable bonds is 5. The van der Waals surface area contributed by atoms with Gasteiger partial charge in [0.2, 0.25) is 0 Å². The summed E-state index contributed by atoms with van der Waals surface area (Å²) in [6.45, 7) is 2.03. The molecule has 7 nitrogen and oxygen atoms in total. The standard InChI is InChI=1S/C31H24N4O3/c1-20-14-16-21(17-15-20)28-19-27(33-34(28)23-10-7-11-24(18-23)35(37)38)30-29(22-8-3-2-4-9-22)25-12-5-6-13-26(25)32-31(30)36/h2-18,28H,19H2,1H3,(H,32,36). The Kier molecular flexibility index (Phi) is 5.81. The minimum absolute atomic E-state index is 0.0117. The lowest BCUT2D eigenvalue weighted by atomic mass is 9.91. The fraction of sp³-hybridized carbons (Fsp3) is 0.0968. The second-order valence-corrected chi connectivity index (χ2v) is 9.41. The Morgan fingerprint density at radius 2 is 1.63 bits per heavy atom. The molecular formula is C31H24N4O3. The summed E-state index contributed by atoms with van der Waals surface area (Å²) in [5, 5.41) is 19.2. The Labute approximate surface area is 218 Å². The van der Waals surface area contributed by atoms with Gasteiger partial charge >= 0.3 is 0 Å². The van der Waals surface area contributed by atoms with E-state index in [-0.39, 0.29) is 17.3 Å². The predicted octanol–water partition coefficient (Wildman–Crippen LogP) is 6.77. The van der Waals surface area contributed by atoms with Gasteiger partial charge in [0.1, 0.15) is 0 Å². The quantitative estimate of drug-likeness (QED) is 0.213. The van der Waals surface area contributed by atoms with Crippen LogP contribution < -0.4 is 10.6 Å². The van der Waals surface area contributed by atoms with Crippen LogP contribution in [0, 0.1) is 17.0 Å². The van der Waals surface area contributed by atoms with Gasteiger partial charge in [-0.2, -0.15) is 5.10 Å². The molecule has 0 saturated carbocycles. The lowest BCUT2D eigenvalue weighted by Crippen LogP contribution is -2.20. The first kappa shape index (κ1) is 23.4. The molecule has 0 saturated heterocycles. The number of hydrogen-bond donors (Lipinski definition) is 1. The second kappa shape index (κ2) is 9.44. The molecule has 38 heavy (non-hydrogen) atoms. The van der Waals surface area contributed by atoms with Crippen LogP contribution >= 0.6 is 0 Å². The van der Waals surface area contributed by atoms with E-state index in [1.54, 1.807) is 11.1 Å². The van der Waals surface area contributed by atoms with Gasteiger partial charge in [-0.1, -0.05) is 84.4 Å². The summed E-state index contributed by atoms with van der Waals surface area (Å²) in [4.78, 5) is 27.8. The molecule has 1 aliphatic rings. The van der Waals surface area contributed by atoms with Gasteiger partial charge in [-0.15, -0.1) is 0 Å². The van der Waals surface area contributed by atoms with Crippen LogP contribution in [0.2, 0.25) is 0 Å². The fourth-order valence-electron chi connectivity index (χ4n) is 5.12. The smallest absolute Gasteiger partial charge is 0.271 e. The van der Waals surface area contributed by atoms with Crippen LogP contribution in [0.5, 0.6) is 0 Å². The molecule has 1 N–H and O–H groups in total. The number of hydrogen-bond acceptors (Lipinski definition) is 5. The van der Waals surface area contributed by atoms with E-state index >= 15 is 0 Å². The van der Waals surface area contributed by atoms with E-state index in [9.17, 15) is 14.9 Å². The fourth-order valence-corrected chi connectivity index (χ4v) is 5.12. The number of benzene rings is 4. The third-order valence-corrected chi connectivity index (χ3v) is 6.95. The number of nitro groups is 1. The predicted molar refractivity (Wildman–Crippen MR) is 151 cm³/mol. The van der Waals surface area contributed by atoms with Gasteiger partial charge in [0.05, 0.1) is 27.9 Å². The summed E-state index contributed by atoms with van der Waals surface area (Å²) in [7, 11) is 0. The zero-order valence-electron chi connectivity index (χ0n) is 20.7. The number of anilines is 1. The van der Waals surface area contributed by atoms with Crippen molar-refractivity contribution >= 4 is 28.0 Å². The van der Waals surface area contributed by atoms with Gasteiger partial charge in [-0.25, -0.2) is 0 Å². The topological polar surface area (TPSA) is 91.6 Å². The summed E-state index contributed by atoms with van der Waals surface area (Å²) in [6, 6.07) is 32.0. The largest absolute Gasteiger partial charge is 0.321 e. The highest BCUT2D eigenvalue weighted by molar-refractivity contribution is 6.13. The molecule has 186 valence electrons. The Bertz CT molecular complexity index is 1760. The van der Waals surface area contributed by atoms with E-state index in [1.807, 2.05) is 91.9 Å². The molecule has 1 aromatic heterocycles. The highest BCUT2D eigenvalue weighted by Gasteiger charge is 2.33. The molecule has 0 aliphatic carbocycles. The number of aromatic nitrogens is 1. The SMILES string of the molecule is Cc1ccc(C2CC(c3c(-c4ccccc4)c4ccccc4[nH]c3=O)=NN2c2cccc([N+](=O)[O-])c2)cc1. The van der Waals surface area contributed by atoms with Gasteiger partial charge in [0.25, 0.3) is 11.2 Å². The maximum Gasteiger partial charge on any atom is 0.271 e. The molecule has 0 bridgehead atoms. The minimum Gasteiger partial charge on any atom is -0.321 e. The Morgan fingerprint density at radius 3 is 2.39 bits per heavy atom. The summed E-state index contributed by atoms with van der Waals surface area (Å²) in [5.74, 6) is 0. The Morgan fingerprint density at radius 1 is 0.895 bits per heavy atom. The zero-order valence-corrected chi connectivity index (χ0v) is 20.7. The molecule has 5 aromatic rings. The van der Waals surface area contributed by atoms with E-state index in [4.69, 9.17) is 5.10 Å². The maximum atomic E-state index is 13.6. The molecule has 1 aliphatic heterocycles. The van der Waals surface area contributed by atoms with Gasteiger partial charge in [0, 0.05) is 35.0 Å². The molecule has 4 aromatic carbocycles. The number of non-ortho nitro benzene ring substituents is 1. The Balaban J connectivity index is 1.58. The van der Waals surface area contributed by atoms with Crippen molar-refractivity contribution in [3.8, 4) is 11.1 Å². The van der Waals surface area contributed by atoms with Crippen molar-refractivity contribution in [2.45, 2.75) is 19.4 Å². The van der Waals surface area contributed by atoms with Crippen molar-refractivity contribution in [3.63, 3.8) is 0 Å². The second-order valence-electron chi connectivity index (χ2n) is 9.41. The first-order valence-electron chi connectivity index (χ1n) is 12.4. The molecule has 2 heterocycles. The average Bonchev–Trinajstić information content (AvgIpc) is 3.38. The summed E-state index contributed by atoms with van der Waals surface area (Å²) in [5.41, 5.74) is 6.16. The Hall–Kier alpha value is -5.04. The van der Waals surface area contributed by atoms with Crippen molar-refractivity contribution in [3.05, 3.63) is 140 Å². The number of nitro benzene ring substituents is 1. The van der Waals surface area contributed by atoms with Crippen molar-refractivity contribution < 1.29 is 4.92 Å². The number of hydrazone groups is 1. The number of aryl methyl sites for hydroxylation is 1. The van der Waals surface area contributed by atoms with Crippen LogP contribution in [-0.4, -0.2) is 15.6 Å². The molecule has 7 heteroatoms. The van der Waals surface area contributed by atoms with Crippen LogP contribution in [0.1, 0.15) is 29.2 Å². The number of nitrogens with one attached hydrogen (secondary N) is 1. The normalized spacial score (nSPS) is 15.0. The third kappa shape index (κ3) is 4.14. The van der Waals surface area contributed by atoms with Crippen LogP contribution in [0.25, 0.3) is 22.0 Å². The number of para-hydroxylation sites is 1. The summed E-state index contributed by atoms with van der Waals surface area (Å²) < 4.78 is 0. The molecule has 0 amide bonds. The van der Waals surface area contributed by atoms with Gasteiger partial charge in [0.15, 0.2) is 0 Å². The van der Waals surface area contributed by atoms with Crippen molar-refractivity contribution in [2.24, 2.45) is 5.10 Å². The number of aromatic amines is 1. The van der Waals surface area contributed by atoms with E-state index in [0.29, 0.717) is 23.4 Å². The number of pyridine rings is 1. The van der Waals surface area contributed by atoms with Crippen LogP contribution in [-0.2, 0) is 0 Å². The lowest BCUT2D eigenvalue weighted by molar-refractivity contribution is -0.384. The molecule has 1 atom stereocenters. The lowest BCUT2D eigenvalue weighted by Gasteiger charge is -2.24. The molecule has 0 spiro atoms. The molecule has 6 rings (SSSR count). The first-order chi connectivity index (χ1) is 18.5. The molecule has 1 unspecified atom stereocenters. The van der Waals surface area contributed by atoms with Crippen LogP contribution in [0.3, 0.4) is 0 Å². The van der Waals surface area contributed by atoms with Gasteiger partial charge in [-0.05, 0) is 30.2 Å². The minimum atomic E-state index is -0.410. The van der Waals surface area contributed by atoms with Crippen LogP contribution in [0.15, 0.2) is 113 Å².